The van der Waals surface area contributed by atoms with Crippen LogP contribution in [0.4, 0.5) is 5.82 Å². The lowest BCUT2D eigenvalue weighted by atomic mass is 10.1. The molecule has 0 aliphatic heterocycles. The number of fused-ring (bicyclic) bond motifs is 1. The van der Waals surface area contributed by atoms with E-state index in [4.69, 9.17) is 30.9 Å². The van der Waals surface area contributed by atoms with Gasteiger partial charge in [0.15, 0.2) is 11.3 Å². The lowest BCUT2D eigenvalue weighted by Gasteiger charge is -2.20. The van der Waals surface area contributed by atoms with Crippen molar-refractivity contribution in [3.05, 3.63) is 70.6 Å². The molecule has 10 heteroatoms. The van der Waals surface area contributed by atoms with Crippen molar-refractivity contribution in [1.82, 2.24) is 19.7 Å². The average Bonchev–Trinajstić information content (AvgIpc) is 3.23. The van der Waals surface area contributed by atoms with E-state index in [1.165, 1.54) is 0 Å². The molecule has 38 heavy (non-hydrogen) atoms. The fourth-order valence-corrected chi connectivity index (χ4v) is 5.11. The molecule has 8 nitrogen and oxygen atoms in total. The third kappa shape index (κ3) is 6.83. The molecule has 2 aromatic heterocycles. The van der Waals surface area contributed by atoms with Gasteiger partial charge in [-0.05, 0) is 35.3 Å². The van der Waals surface area contributed by atoms with Gasteiger partial charge in [-0.15, -0.1) is 0 Å². The molecule has 202 valence electrons. The van der Waals surface area contributed by atoms with Gasteiger partial charge in [-0.2, -0.15) is 10.1 Å². The Labute approximate surface area is 230 Å². The van der Waals surface area contributed by atoms with Gasteiger partial charge in [-0.25, -0.2) is 9.67 Å². The molecule has 0 unspecified atom stereocenters. The third-order valence-electron chi connectivity index (χ3n) is 6.33. The predicted molar refractivity (Wildman–Crippen MR) is 155 cm³/mol. The predicted octanol–water partition coefficient (Wildman–Crippen LogP) is 6.04. The fraction of sp³-hybridized carbons (Fsp3) is 0.393. The highest BCUT2D eigenvalue weighted by atomic mass is 35.5. The Kier molecular flexibility index (Phi) is 8.91. The number of hydrogen-bond acceptors (Lipinski definition) is 7. The minimum Gasteiger partial charge on any atom is -0.497 e. The van der Waals surface area contributed by atoms with Crippen LogP contribution in [-0.4, -0.2) is 55.7 Å². The molecule has 4 rings (SSSR count). The van der Waals surface area contributed by atoms with Crippen LogP contribution in [0.1, 0.15) is 16.8 Å². The Morgan fingerprint density at radius 3 is 2.42 bits per heavy atom. The topological polar surface area (TPSA) is 74.5 Å². The molecule has 0 radical (unpaired) electrons. The SMILES string of the molecule is COc1ccc(CN(C)c2nc(Cl)nc3c(Cc4ccccc4)n(COCC[Si](C)(C)C)nc23)c(OC)c1. The molecular weight excluding hydrogens is 518 g/mol. The standard InChI is InChI=1S/C28H36ClN5O3Si/c1-33(18-21-12-13-22(35-2)17-24(21)36-3)27-26-25(30-28(29)31-27)23(16-20-10-8-7-9-11-20)34(32-26)19-37-14-15-38(4,5)6/h7-13,17H,14-16,18-19H2,1-6H3. The fourth-order valence-electron chi connectivity index (χ4n) is 4.19. The molecule has 0 atom stereocenters. The van der Waals surface area contributed by atoms with Crippen molar-refractivity contribution in [2.75, 3.05) is 32.8 Å². The summed E-state index contributed by atoms with van der Waals surface area (Å²) >= 11 is 6.48. The van der Waals surface area contributed by atoms with Crippen LogP contribution in [0.25, 0.3) is 11.0 Å². The van der Waals surface area contributed by atoms with E-state index in [0.717, 1.165) is 39.9 Å². The molecule has 0 fully saturated rings. The van der Waals surface area contributed by atoms with Gasteiger partial charge in [0.25, 0.3) is 0 Å². The number of ether oxygens (including phenoxy) is 3. The number of anilines is 1. The summed E-state index contributed by atoms with van der Waals surface area (Å²) in [6, 6.07) is 17.1. The van der Waals surface area contributed by atoms with Crippen molar-refractivity contribution < 1.29 is 14.2 Å². The molecular formula is C28H36ClN5O3Si. The van der Waals surface area contributed by atoms with Crippen LogP contribution in [0.3, 0.4) is 0 Å². The Hall–Kier alpha value is -3.14. The maximum Gasteiger partial charge on any atom is 0.225 e. The van der Waals surface area contributed by atoms with Crippen LogP contribution in [0.15, 0.2) is 48.5 Å². The lowest BCUT2D eigenvalue weighted by molar-refractivity contribution is 0.0772. The van der Waals surface area contributed by atoms with Crippen molar-refractivity contribution in [2.45, 2.75) is 45.4 Å². The average molecular weight is 554 g/mol. The van der Waals surface area contributed by atoms with E-state index in [1.807, 2.05) is 53.0 Å². The summed E-state index contributed by atoms with van der Waals surface area (Å²) < 4.78 is 18.9. The molecule has 0 bridgehead atoms. The number of halogens is 1. The first-order chi connectivity index (χ1) is 18.2. The van der Waals surface area contributed by atoms with Crippen molar-refractivity contribution >= 4 is 36.5 Å². The smallest absolute Gasteiger partial charge is 0.225 e. The molecule has 0 spiro atoms. The maximum atomic E-state index is 6.48. The number of rotatable bonds is 12. The number of benzene rings is 2. The highest BCUT2D eigenvalue weighted by molar-refractivity contribution is 6.76. The van der Waals surface area contributed by atoms with E-state index in [9.17, 15) is 0 Å². The van der Waals surface area contributed by atoms with Gasteiger partial charge in [0.1, 0.15) is 23.7 Å². The summed E-state index contributed by atoms with van der Waals surface area (Å²) in [5.41, 5.74) is 4.50. The van der Waals surface area contributed by atoms with Crippen LogP contribution in [0, 0.1) is 0 Å². The van der Waals surface area contributed by atoms with Crippen LogP contribution in [0.5, 0.6) is 11.5 Å². The Balaban J connectivity index is 1.70. The summed E-state index contributed by atoms with van der Waals surface area (Å²) in [4.78, 5) is 11.2. The third-order valence-corrected chi connectivity index (χ3v) is 8.20. The molecule has 2 heterocycles. The van der Waals surface area contributed by atoms with Gasteiger partial charge >= 0.3 is 0 Å². The van der Waals surface area contributed by atoms with E-state index in [1.54, 1.807) is 14.2 Å². The zero-order valence-electron chi connectivity index (χ0n) is 23.0. The summed E-state index contributed by atoms with van der Waals surface area (Å²) in [5.74, 6) is 2.12. The quantitative estimate of drug-likeness (QED) is 0.120. The Morgan fingerprint density at radius 2 is 1.74 bits per heavy atom. The molecule has 4 aromatic rings. The Bertz CT molecular complexity index is 1370. The number of methoxy groups -OCH3 is 2. The summed E-state index contributed by atoms with van der Waals surface area (Å²) in [5, 5.41) is 5.12. The van der Waals surface area contributed by atoms with E-state index in [-0.39, 0.29) is 5.28 Å². The van der Waals surface area contributed by atoms with Gasteiger partial charge in [0.2, 0.25) is 5.28 Å². The second-order valence-electron chi connectivity index (χ2n) is 10.5. The van der Waals surface area contributed by atoms with E-state index >= 15 is 0 Å². The maximum absolute atomic E-state index is 6.48. The zero-order chi connectivity index (χ0) is 27.3. The first-order valence-corrected chi connectivity index (χ1v) is 16.7. The summed E-state index contributed by atoms with van der Waals surface area (Å²) in [7, 11) is 4.04. The van der Waals surface area contributed by atoms with Gasteiger partial charge < -0.3 is 19.1 Å². The molecule has 0 N–H and O–H groups in total. The molecule has 0 amide bonds. The second kappa shape index (κ2) is 12.1. The number of hydrogen-bond donors (Lipinski definition) is 0. The highest BCUT2D eigenvalue weighted by Gasteiger charge is 2.22. The molecule has 0 saturated heterocycles. The first kappa shape index (κ1) is 27.9. The first-order valence-electron chi connectivity index (χ1n) is 12.6. The second-order valence-corrected chi connectivity index (χ2v) is 16.5. The largest absolute Gasteiger partial charge is 0.497 e. The van der Waals surface area contributed by atoms with Crippen molar-refractivity contribution in [1.29, 1.82) is 0 Å². The van der Waals surface area contributed by atoms with Crippen LogP contribution in [-0.2, 0) is 24.4 Å². The molecule has 2 aromatic carbocycles. The summed E-state index contributed by atoms with van der Waals surface area (Å²) in [6.07, 6.45) is 0.650. The minimum absolute atomic E-state index is 0.176. The van der Waals surface area contributed by atoms with Gasteiger partial charge in [0.05, 0.1) is 19.9 Å². The zero-order valence-corrected chi connectivity index (χ0v) is 24.7. The van der Waals surface area contributed by atoms with Gasteiger partial charge in [0, 0.05) is 46.3 Å². The van der Waals surface area contributed by atoms with Gasteiger partial charge in [-0.1, -0.05) is 50.0 Å². The highest BCUT2D eigenvalue weighted by Crippen LogP contribution is 2.31. The lowest BCUT2D eigenvalue weighted by Crippen LogP contribution is -2.22. The van der Waals surface area contributed by atoms with Crippen molar-refractivity contribution in [3.8, 4) is 11.5 Å². The van der Waals surface area contributed by atoms with E-state index in [2.05, 4.69) is 41.7 Å². The number of nitrogens with zero attached hydrogens (tertiary/aromatic N) is 5. The van der Waals surface area contributed by atoms with Crippen LogP contribution >= 0.6 is 11.6 Å². The van der Waals surface area contributed by atoms with E-state index in [0.29, 0.717) is 37.6 Å². The van der Waals surface area contributed by atoms with Crippen LogP contribution in [0.2, 0.25) is 31.0 Å². The molecule has 0 saturated carbocycles. The summed E-state index contributed by atoms with van der Waals surface area (Å²) in [6.45, 7) is 8.61. The minimum atomic E-state index is -1.20. The van der Waals surface area contributed by atoms with Gasteiger partial charge in [-0.3, -0.25) is 0 Å². The normalized spacial score (nSPS) is 11.7. The van der Waals surface area contributed by atoms with Crippen molar-refractivity contribution in [3.63, 3.8) is 0 Å². The van der Waals surface area contributed by atoms with Crippen LogP contribution < -0.4 is 14.4 Å². The molecule has 0 aliphatic rings. The number of aromatic nitrogens is 4. The van der Waals surface area contributed by atoms with E-state index < -0.39 is 8.07 Å². The molecule has 0 aliphatic carbocycles. The Morgan fingerprint density at radius 1 is 0.974 bits per heavy atom. The van der Waals surface area contributed by atoms with Crippen molar-refractivity contribution in [2.24, 2.45) is 0 Å². The monoisotopic (exact) mass is 553 g/mol.